The van der Waals surface area contributed by atoms with E-state index in [1.807, 2.05) is 0 Å². The van der Waals surface area contributed by atoms with E-state index in [0.717, 1.165) is 6.26 Å². The fourth-order valence-electron chi connectivity index (χ4n) is 0.891. The predicted octanol–water partition coefficient (Wildman–Crippen LogP) is 1.56. The normalized spacial score (nSPS) is 11.2. The minimum Gasteiger partial charge on any atom is -0.298 e. The third-order valence-electron chi connectivity index (χ3n) is 1.49. The second-order valence-corrected chi connectivity index (χ2v) is 4.97. The van der Waals surface area contributed by atoms with Crippen LogP contribution in [0, 0.1) is 0 Å². The molecule has 0 amide bonds. The van der Waals surface area contributed by atoms with Crippen LogP contribution in [0.25, 0.3) is 0 Å². The summed E-state index contributed by atoms with van der Waals surface area (Å²) in [7, 11) is -3.31. The molecule has 0 N–H and O–H groups in total. The summed E-state index contributed by atoms with van der Waals surface area (Å²) in [6, 6.07) is 4.06. The van der Waals surface area contributed by atoms with Crippen LogP contribution >= 0.6 is 11.6 Å². The van der Waals surface area contributed by atoms with Crippen LogP contribution in [-0.2, 0) is 9.84 Å². The van der Waals surface area contributed by atoms with Crippen LogP contribution in [0.5, 0.6) is 0 Å². The molecule has 70 valence electrons. The third kappa shape index (κ3) is 2.29. The highest BCUT2D eigenvalue weighted by molar-refractivity contribution is 7.90. The van der Waals surface area contributed by atoms with E-state index < -0.39 is 9.84 Å². The molecule has 0 saturated carbocycles. The van der Waals surface area contributed by atoms with Gasteiger partial charge in [-0.15, -0.1) is 0 Å². The molecule has 0 bridgehead atoms. The maximum Gasteiger partial charge on any atom is 0.176 e. The Morgan fingerprint density at radius 1 is 1.38 bits per heavy atom. The van der Waals surface area contributed by atoms with E-state index in [1.54, 1.807) is 0 Å². The first kappa shape index (κ1) is 10.2. The van der Waals surface area contributed by atoms with Crippen molar-refractivity contribution >= 4 is 27.7 Å². The van der Waals surface area contributed by atoms with E-state index in [0.29, 0.717) is 11.8 Å². The molecule has 0 radical (unpaired) electrons. The number of hydrogen-bond donors (Lipinski definition) is 0. The first-order chi connectivity index (χ1) is 5.95. The van der Waals surface area contributed by atoms with Gasteiger partial charge in [-0.2, -0.15) is 0 Å². The molecular weight excluding hydrogens is 212 g/mol. The van der Waals surface area contributed by atoms with Gasteiger partial charge in [-0.25, -0.2) is 8.42 Å². The second-order valence-electron chi connectivity index (χ2n) is 2.58. The quantitative estimate of drug-likeness (QED) is 0.708. The van der Waals surface area contributed by atoms with Crippen molar-refractivity contribution in [3.8, 4) is 0 Å². The van der Waals surface area contributed by atoms with Crippen LogP contribution in [0.3, 0.4) is 0 Å². The molecule has 0 saturated heterocycles. The Hall–Kier alpha value is -0.870. The van der Waals surface area contributed by atoms with Gasteiger partial charge in [0.15, 0.2) is 9.84 Å². The maximum absolute atomic E-state index is 11.1. The lowest BCUT2D eigenvalue weighted by molar-refractivity contribution is 0.112. The highest BCUT2D eigenvalue weighted by Crippen LogP contribution is 2.21. The molecule has 1 aromatic rings. The highest BCUT2D eigenvalue weighted by atomic mass is 35.5. The maximum atomic E-state index is 11.1. The lowest BCUT2D eigenvalue weighted by Gasteiger charge is -2.01. The van der Waals surface area contributed by atoms with Crippen LogP contribution in [0.15, 0.2) is 23.1 Å². The van der Waals surface area contributed by atoms with Crippen LogP contribution in [-0.4, -0.2) is 21.0 Å². The van der Waals surface area contributed by atoms with Gasteiger partial charge in [-0.3, -0.25) is 4.79 Å². The SMILES string of the molecule is CS(=O)(=O)c1ccc(C=O)cc1Cl. The zero-order chi connectivity index (χ0) is 10.1. The summed E-state index contributed by atoms with van der Waals surface area (Å²) in [6.07, 6.45) is 1.67. The number of rotatable bonds is 2. The van der Waals surface area contributed by atoms with E-state index in [9.17, 15) is 13.2 Å². The molecule has 0 fully saturated rings. The van der Waals surface area contributed by atoms with Crippen LogP contribution in [0.4, 0.5) is 0 Å². The van der Waals surface area contributed by atoms with Crippen molar-refractivity contribution in [1.82, 2.24) is 0 Å². The lowest BCUT2D eigenvalue weighted by Crippen LogP contribution is -1.98. The Kier molecular flexibility index (Phi) is 2.73. The summed E-state index contributed by atoms with van der Waals surface area (Å²) in [5.41, 5.74) is 0.359. The van der Waals surface area contributed by atoms with Gasteiger partial charge in [0, 0.05) is 11.8 Å². The number of hydrogen-bond acceptors (Lipinski definition) is 3. The third-order valence-corrected chi connectivity index (χ3v) is 3.07. The summed E-state index contributed by atoms with van der Waals surface area (Å²) in [5.74, 6) is 0. The molecule has 0 spiro atoms. The lowest BCUT2D eigenvalue weighted by atomic mass is 10.2. The fraction of sp³-hybridized carbons (Fsp3) is 0.125. The minimum absolute atomic E-state index is 0.0415. The first-order valence-electron chi connectivity index (χ1n) is 3.40. The van der Waals surface area contributed by atoms with Crippen molar-refractivity contribution in [3.63, 3.8) is 0 Å². The molecule has 0 aliphatic heterocycles. The largest absolute Gasteiger partial charge is 0.298 e. The molecule has 13 heavy (non-hydrogen) atoms. The Labute approximate surface area is 81.3 Å². The fourth-order valence-corrected chi connectivity index (χ4v) is 2.23. The molecule has 0 atom stereocenters. The van der Waals surface area contributed by atoms with Gasteiger partial charge in [-0.1, -0.05) is 17.7 Å². The summed E-state index contributed by atoms with van der Waals surface area (Å²) in [6.45, 7) is 0. The highest BCUT2D eigenvalue weighted by Gasteiger charge is 2.11. The smallest absolute Gasteiger partial charge is 0.176 e. The monoisotopic (exact) mass is 218 g/mol. The van der Waals surface area contributed by atoms with Crippen molar-refractivity contribution in [2.75, 3.05) is 6.26 Å². The standard InChI is InChI=1S/C8H7ClO3S/c1-13(11,12)8-3-2-6(5-10)4-7(8)9/h2-5H,1H3. The van der Waals surface area contributed by atoms with Gasteiger partial charge in [-0.05, 0) is 12.1 Å². The van der Waals surface area contributed by atoms with Crippen LogP contribution < -0.4 is 0 Å². The Bertz CT molecular complexity index is 437. The van der Waals surface area contributed by atoms with E-state index in [2.05, 4.69) is 0 Å². The second kappa shape index (κ2) is 3.47. The van der Waals surface area contributed by atoms with Crippen LogP contribution in [0.1, 0.15) is 10.4 Å². The molecule has 1 rings (SSSR count). The van der Waals surface area contributed by atoms with E-state index in [4.69, 9.17) is 11.6 Å². The number of benzene rings is 1. The van der Waals surface area contributed by atoms with Crippen molar-refractivity contribution < 1.29 is 13.2 Å². The van der Waals surface area contributed by atoms with Gasteiger partial charge in [0.1, 0.15) is 6.29 Å². The molecule has 0 aliphatic rings. The Morgan fingerprint density at radius 3 is 2.38 bits per heavy atom. The molecule has 5 heteroatoms. The Morgan fingerprint density at radius 2 is 2.00 bits per heavy atom. The Balaban J connectivity index is 3.37. The predicted molar refractivity (Wildman–Crippen MR) is 49.9 cm³/mol. The number of halogens is 1. The van der Waals surface area contributed by atoms with Crippen LogP contribution in [0.2, 0.25) is 5.02 Å². The summed E-state index contributed by atoms with van der Waals surface area (Å²) < 4.78 is 22.2. The van der Waals surface area contributed by atoms with Gasteiger partial charge in [0.05, 0.1) is 9.92 Å². The van der Waals surface area contributed by atoms with E-state index >= 15 is 0 Å². The molecule has 0 unspecified atom stereocenters. The van der Waals surface area contributed by atoms with Crippen molar-refractivity contribution in [3.05, 3.63) is 28.8 Å². The summed E-state index contributed by atoms with van der Waals surface area (Å²) in [5, 5.41) is 0.0760. The topological polar surface area (TPSA) is 51.2 Å². The van der Waals surface area contributed by atoms with E-state index in [1.165, 1.54) is 18.2 Å². The molecule has 3 nitrogen and oxygen atoms in total. The zero-order valence-corrected chi connectivity index (χ0v) is 8.39. The van der Waals surface area contributed by atoms with Crippen molar-refractivity contribution in [1.29, 1.82) is 0 Å². The van der Waals surface area contributed by atoms with Gasteiger partial charge in [0.2, 0.25) is 0 Å². The number of aldehydes is 1. The first-order valence-corrected chi connectivity index (χ1v) is 5.67. The molecule has 0 aromatic heterocycles. The van der Waals surface area contributed by atoms with Gasteiger partial charge >= 0.3 is 0 Å². The van der Waals surface area contributed by atoms with Gasteiger partial charge < -0.3 is 0 Å². The average molecular weight is 219 g/mol. The zero-order valence-electron chi connectivity index (χ0n) is 6.82. The summed E-state index contributed by atoms with van der Waals surface area (Å²) in [4.78, 5) is 10.4. The van der Waals surface area contributed by atoms with Gasteiger partial charge in [0.25, 0.3) is 0 Å². The van der Waals surface area contributed by atoms with Crippen molar-refractivity contribution in [2.24, 2.45) is 0 Å². The molecule has 0 heterocycles. The number of carbonyl (C=O) groups excluding carboxylic acids is 1. The number of sulfone groups is 1. The molecular formula is C8H7ClO3S. The summed E-state index contributed by atoms with van der Waals surface area (Å²) >= 11 is 5.65. The number of carbonyl (C=O) groups is 1. The average Bonchev–Trinajstić information content (AvgIpc) is 2.01. The molecule has 1 aromatic carbocycles. The molecule has 0 aliphatic carbocycles. The van der Waals surface area contributed by atoms with Crippen molar-refractivity contribution in [2.45, 2.75) is 4.90 Å². The van der Waals surface area contributed by atoms with E-state index in [-0.39, 0.29) is 9.92 Å². The minimum atomic E-state index is -3.31.